The highest BCUT2D eigenvalue weighted by Crippen LogP contribution is 2.41. The summed E-state index contributed by atoms with van der Waals surface area (Å²) in [5, 5.41) is 5.63. The molecule has 1 saturated carbocycles. The summed E-state index contributed by atoms with van der Waals surface area (Å²) >= 11 is 1.36. The van der Waals surface area contributed by atoms with Crippen LogP contribution in [0.2, 0.25) is 0 Å². The number of aromatic nitrogens is 1. The maximum atomic E-state index is 13.7. The second-order valence-electron chi connectivity index (χ2n) is 10.8. The Morgan fingerprint density at radius 3 is 2.63 bits per heavy atom. The zero-order valence-corrected chi connectivity index (χ0v) is 25.8. The van der Waals surface area contributed by atoms with Crippen molar-refractivity contribution in [3.63, 3.8) is 0 Å². The minimum absolute atomic E-state index is 0.118. The first-order valence-electron chi connectivity index (χ1n) is 14.3. The van der Waals surface area contributed by atoms with E-state index in [1.54, 1.807) is 25.3 Å². The largest absolute Gasteiger partial charge is 0.377 e. The van der Waals surface area contributed by atoms with Crippen LogP contribution in [0.5, 0.6) is 0 Å². The molecule has 1 aliphatic heterocycles. The number of rotatable bonds is 12. The van der Waals surface area contributed by atoms with E-state index in [1.807, 2.05) is 30.0 Å². The highest BCUT2D eigenvalue weighted by Gasteiger charge is 2.49. The van der Waals surface area contributed by atoms with Gasteiger partial charge in [-0.15, -0.1) is 11.3 Å². The standard InChI is InChI=1S/C30H38N4O5S2/c1-5-7-10-26-31-30(14-8-9-15-30)29(35)34(26)18-22-11-12-24(23(17-22)19-38-6-2)27-25(13-16-40-27)41(36,37)33-28-20(3)21(4)39-32-28/h11-13,16-17H,5-10,14-15,18-19H2,1-4H3,(H,32,33). The lowest BCUT2D eigenvalue weighted by Gasteiger charge is -2.23. The van der Waals surface area contributed by atoms with Crippen LogP contribution < -0.4 is 4.72 Å². The molecule has 220 valence electrons. The van der Waals surface area contributed by atoms with Crippen LogP contribution in [0.15, 0.2) is 44.1 Å². The summed E-state index contributed by atoms with van der Waals surface area (Å²) in [7, 11) is -3.93. The van der Waals surface area contributed by atoms with Crippen LogP contribution in [0.25, 0.3) is 10.4 Å². The number of benzene rings is 1. The predicted molar refractivity (Wildman–Crippen MR) is 161 cm³/mol. The van der Waals surface area contributed by atoms with Crippen molar-refractivity contribution in [2.45, 2.75) is 96.2 Å². The van der Waals surface area contributed by atoms with Crippen molar-refractivity contribution in [3.8, 4) is 10.4 Å². The summed E-state index contributed by atoms with van der Waals surface area (Å²) in [6, 6.07) is 7.55. The Morgan fingerprint density at radius 2 is 1.95 bits per heavy atom. The molecule has 5 rings (SSSR count). The molecule has 9 nitrogen and oxygen atoms in total. The van der Waals surface area contributed by atoms with Crippen LogP contribution in [0.4, 0.5) is 5.82 Å². The lowest BCUT2D eigenvalue weighted by atomic mass is 9.97. The number of aryl methyl sites for hydroxylation is 1. The lowest BCUT2D eigenvalue weighted by Crippen LogP contribution is -2.40. The number of sulfonamides is 1. The van der Waals surface area contributed by atoms with Gasteiger partial charge in [-0.1, -0.05) is 49.5 Å². The van der Waals surface area contributed by atoms with Crippen molar-refractivity contribution >= 4 is 38.9 Å². The molecule has 0 unspecified atom stereocenters. The molecule has 2 aliphatic rings. The van der Waals surface area contributed by atoms with E-state index >= 15 is 0 Å². The number of aliphatic imine (C=N–C) groups is 1. The molecule has 0 radical (unpaired) electrons. The quantitative estimate of drug-likeness (QED) is 0.251. The number of amidine groups is 1. The Balaban J connectivity index is 1.46. The number of nitrogens with one attached hydrogen (secondary N) is 1. The van der Waals surface area contributed by atoms with Gasteiger partial charge in [0.25, 0.3) is 15.9 Å². The van der Waals surface area contributed by atoms with Gasteiger partial charge in [0.2, 0.25) is 0 Å². The number of hydrogen-bond acceptors (Lipinski definition) is 8. The number of ether oxygens (including phenoxy) is 1. The fraction of sp³-hybridized carbons (Fsp3) is 0.500. The van der Waals surface area contributed by atoms with Crippen molar-refractivity contribution in [2.24, 2.45) is 4.99 Å². The van der Waals surface area contributed by atoms with Gasteiger partial charge in [-0.25, -0.2) is 8.42 Å². The number of nitrogens with zero attached hydrogens (tertiary/aromatic N) is 3. The van der Waals surface area contributed by atoms with Gasteiger partial charge >= 0.3 is 0 Å². The minimum atomic E-state index is -3.93. The summed E-state index contributed by atoms with van der Waals surface area (Å²) in [4.78, 5) is 21.3. The number of anilines is 1. The Hall–Kier alpha value is -3.02. The van der Waals surface area contributed by atoms with Gasteiger partial charge in [-0.3, -0.25) is 19.4 Å². The average Bonchev–Trinajstić information content (AvgIpc) is 3.75. The van der Waals surface area contributed by atoms with E-state index in [4.69, 9.17) is 14.3 Å². The molecule has 1 N–H and O–H groups in total. The fourth-order valence-electron chi connectivity index (χ4n) is 5.58. The van der Waals surface area contributed by atoms with Crippen molar-refractivity contribution in [2.75, 3.05) is 11.3 Å². The van der Waals surface area contributed by atoms with Crippen molar-refractivity contribution in [1.29, 1.82) is 0 Å². The minimum Gasteiger partial charge on any atom is -0.377 e. The van der Waals surface area contributed by atoms with Crippen molar-refractivity contribution < 1.29 is 22.5 Å². The van der Waals surface area contributed by atoms with Crippen LogP contribution in [-0.2, 0) is 32.7 Å². The second kappa shape index (κ2) is 12.1. The van der Waals surface area contributed by atoms with Gasteiger partial charge in [0, 0.05) is 18.6 Å². The topological polar surface area (TPSA) is 114 Å². The molecule has 3 aromatic rings. The third-order valence-electron chi connectivity index (χ3n) is 8.01. The van der Waals surface area contributed by atoms with Gasteiger partial charge < -0.3 is 9.26 Å². The maximum Gasteiger partial charge on any atom is 0.264 e. The zero-order chi connectivity index (χ0) is 29.2. The first-order chi connectivity index (χ1) is 19.7. The highest BCUT2D eigenvalue weighted by molar-refractivity contribution is 7.93. The fourth-order valence-corrected chi connectivity index (χ4v) is 8.15. The molecular weight excluding hydrogens is 560 g/mol. The molecule has 2 aromatic heterocycles. The first-order valence-corrected chi connectivity index (χ1v) is 16.7. The van der Waals surface area contributed by atoms with Crippen LogP contribution in [-0.4, -0.2) is 42.4 Å². The molecule has 0 saturated heterocycles. The number of unbranched alkanes of at least 4 members (excludes halogenated alkanes) is 1. The first kappa shape index (κ1) is 29.5. The molecule has 1 aliphatic carbocycles. The van der Waals surface area contributed by atoms with Crippen LogP contribution >= 0.6 is 11.3 Å². The van der Waals surface area contributed by atoms with E-state index < -0.39 is 15.6 Å². The number of carbonyl (C=O) groups excluding carboxylic acids is 1. The summed E-state index contributed by atoms with van der Waals surface area (Å²) < 4.78 is 40.4. The van der Waals surface area contributed by atoms with E-state index in [1.165, 1.54) is 11.3 Å². The third-order valence-corrected chi connectivity index (χ3v) is 10.5. The Kier molecular flexibility index (Phi) is 8.68. The average molecular weight is 599 g/mol. The molecule has 11 heteroatoms. The molecule has 0 bridgehead atoms. The summed E-state index contributed by atoms with van der Waals surface area (Å²) in [6.45, 7) is 8.85. The van der Waals surface area contributed by atoms with Gasteiger partial charge in [0.1, 0.15) is 22.0 Å². The number of hydrogen-bond donors (Lipinski definition) is 1. The molecule has 41 heavy (non-hydrogen) atoms. The summed E-state index contributed by atoms with van der Waals surface area (Å²) in [5.41, 5.74) is 2.68. The SMILES string of the molecule is CCCCC1=NC2(CCCC2)C(=O)N1Cc1ccc(-c2sccc2S(=O)(=O)Nc2noc(C)c2C)c(COCC)c1. The normalized spacial score (nSPS) is 16.6. The zero-order valence-electron chi connectivity index (χ0n) is 24.2. The van der Waals surface area contributed by atoms with Crippen molar-refractivity contribution in [3.05, 3.63) is 52.1 Å². The smallest absolute Gasteiger partial charge is 0.264 e. The molecule has 1 spiro atoms. The Morgan fingerprint density at radius 1 is 1.17 bits per heavy atom. The number of carbonyl (C=O) groups is 1. The van der Waals surface area contributed by atoms with E-state index in [0.29, 0.717) is 36.0 Å². The monoisotopic (exact) mass is 598 g/mol. The third kappa shape index (κ3) is 5.85. The molecule has 0 atom stereocenters. The van der Waals surface area contributed by atoms with E-state index in [2.05, 4.69) is 16.8 Å². The van der Waals surface area contributed by atoms with E-state index in [-0.39, 0.29) is 16.6 Å². The predicted octanol–water partition coefficient (Wildman–Crippen LogP) is 6.60. The van der Waals surface area contributed by atoms with Gasteiger partial charge in [0.15, 0.2) is 5.82 Å². The lowest BCUT2D eigenvalue weighted by molar-refractivity contribution is -0.131. The van der Waals surface area contributed by atoms with E-state index in [9.17, 15) is 13.2 Å². The molecule has 1 aromatic carbocycles. The Bertz CT molecular complexity index is 1550. The highest BCUT2D eigenvalue weighted by atomic mass is 32.2. The number of amides is 1. The van der Waals surface area contributed by atoms with Crippen LogP contribution in [0.3, 0.4) is 0 Å². The van der Waals surface area contributed by atoms with Gasteiger partial charge in [-0.2, -0.15) is 0 Å². The Labute approximate surface area is 246 Å². The number of thiophene rings is 1. The van der Waals surface area contributed by atoms with Crippen LogP contribution in [0.1, 0.15) is 81.2 Å². The molecule has 3 heterocycles. The van der Waals surface area contributed by atoms with Crippen molar-refractivity contribution in [1.82, 2.24) is 10.1 Å². The molecular formula is C30H38N4O5S2. The van der Waals surface area contributed by atoms with Gasteiger partial charge in [-0.05, 0) is 68.2 Å². The maximum absolute atomic E-state index is 13.7. The van der Waals surface area contributed by atoms with Crippen LogP contribution in [0, 0.1) is 13.8 Å². The van der Waals surface area contributed by atoms with Gasteiger partial charge in [0.05, 0.1) is 18.0 Å². The summed E-state index contributed by atoms with van der Waals surface area (Å²) in [5.74, 6) is 1.75. The second-order valence-corrected chi connectivity index (χ2v) is 13.4. The molecule has 1 fully saturated rings. The molecule has 1 amide bonds. The summed E-state index contributed by atoms with van der Waals surface area (Å²) in [6.07, 6.45) is 6.54. The van der Waals surface area contributed by atoms with E-state index in [0.717, 1.165) is 67.5 Å².